The summed E-state index contributed by atoms with van der Waals surface area (Å²) in [6, 6.07) is 14.5. The molecule has 0 aliphatic rings. The fraction of sp³-hybridized carbons (Fsp3) is 0.316. The van der Waals surface area contributed by atoms with E-state index in [1.54, 1.807) is 31.2 Å². The monoisotopic (exact) mass is 380 g/mol. The summed E-state index contributed by atoms with van der Waals surface area (Å²) >= 11 is 0. The molecule has 2 aromatic rings. The van der Waals surface area contributed by atoms with Crippen molar-refractivity contribution in [1.29, 1.82) is 0 Å². The lowest BCUT2D eigenvalue weighted by Crippen LogP contribution is -2.39. The van der Waals surface area contributed by atoms with Gasteiger partial charge in [-0.15, -0.1) is 0 Å². The Morgan fingerprint density at radius 3 is 2.30 bits per heavy atom. The third-order valence-corrected chi connectivity index (χ3v) is 4.12. The van der Waals surface area contributed by atoms with Crippen LogP contribution in [0.4, 0.5) is 18.9 Å². The Kier molecular flexibility index (Phi) is 6.55. The standard InChI is InChI=1S/C19H19F3N2O3/c1-14(15-7-3-2-4-8-15)11-18(25)23(13-19(20,21)22)12-16-9-5-6-10-17(16)24(26)27/h2-10,14H,11-13H2,1H3. The van der Waals surface area contributed by atoms with Crippen molar-refractivity contribution >= 4 is 11.6 Å². The number of nitro benzene ring substituents is 1. The molecule has 0 bridgehead atoms. The molecule has 0 aromatic heterocycles. The van der Waals surface area contributed by atoms with E-state index >= 15 is 0 Å². The van der Waals surface area contributed by atoms with E-state index in [0.717, 1.165) is 5.56 Å². The minimum atomic E-state index is -4.60. The van der Waals surface area contributed by atoms with Gasteiger partial charge in [-0.1, -0.05) is 55.5 Å². The van der Waals surface area contributed by atoms with Gasteiger partial charge in [0.1, 0.15) is 6.54 Å². The van der Waals surface area contributed by atoms with Crippen LogP contribution in [-0.4, -0.2) is 28.5 Å². The first-order chi connectivity index (χ1) is 12.7. The van der Waals surface area contributed by atoms with E-state index in [-0.39, 0.29) is 23.6 Å². The minimum absolute atomic E-state index is 0.0625. The molecule has 0 fully saturated rings. The summed E-state index contributed by atoms with van der Waals surface area (Å²) in [5, 5.41) is 11.1. The normalized spacial score (nSPS) is 12.4. The van der Waals surface area contributed by atoms with Crippen LogP contribution in [0.2, 0.25) is 0 Å². The molecule has 0 saturated heterocycles. The van der Waals surface area contributed by atoms with E-state index in [9.17, 15) is 28.1 Å². The Labute approximate surface area is 154 Å². The van der Waals surface area contributed by atoms with E-state index in [4.69, 9.17) is 0 Å². The molecule has 144 valence electrons. The summed E-state index contributed by atoms with van der Waals surface area (Å²) in [6.45, 7) is -0.180. The molecule has 0 aliphatic heterocycles. The first kappa shape index (κ1) is 20.4. The van der Waals surface area contributed by atoms with Gasteiger partial charge in [-0.2, -0.15) is 13.2 Å². The molecule has 1 amide bonds. The Morgan fingerprint density at radius 1 is 1.11 bits per heavy atom. The highest BCUT2D eigenvalue weighted by atomic mass is 19.4. The second-order valence-electron chi connectivity index (χ2n) is 6.27. The smallest absolute Gasteiger partial charge is 0.329 e. The fourth-order valence-corrected chi connectivity index (χ4v) is 2.77. The van der Waals surface area contributed by atoms with Gasteiger partial charge in [0.2, 0.25) is 5.91 Å². The molecule has 1 unspecified atom stereocenters. The van der Waals surface area contributed by atoms with Crippen LogP contribution < -0.4 is 0 Å². The Bertz CT molecular complexity index is 794. The number of hydrogen-bond donors (Lipinski definition) is 0. The van der Waals surface area contributed by atoms with Crippen LogP contribution in [0.3, 0.4) is 0 Å². The number of rotatable bonds is 7. The molecule has 0 saturated carbocycles. The molecule has 0 spiro atoms. The van der Waals surface area contributed by atoms with E-state index in [1.807, 2.05) is 6.07 Å². The van der Waals surface area contributed by atoms with Crippen molar-refractivity contribution in [3.63, 3.8) is 0 Å². The van der Waals surface area contributed by atoms with Crippen molar-refractivity contribution in [2.75, 3.05) is 6.54 Å². The zero-order valence-electron chi connectivity index (χ0n) is 14.6. The number of halogens is 3. The van der Waals surface area contributed by atoms with Gasteiger partial charge in [-0.25, -0.2) is 0 Å². The molecule has 0 N–H and O–H groups in total. The van der Waals surface area contributed by atoms with Crippen molar-refractivity contribution in [2.24, 2.45) is 0 Å². The summed E-state index contributed by atoms with van der Waals surface area (Å²) in [5.41, 5.74) is 0.588. The van der Waals surface area contributed by atoms with Crippen LogP contribution in [-0.2, 0) is 11.3 Å². The first-order valence-electron chi connectivity index (χ1n) is 8.29. The van der Waals surface area contributed by atoms with Crippen LogP contribution in [0.1, 0.15) is 30.4 Å². The highest BCUT2D eigenvalue weighted by Crippen LogP contribution is 2.26. The molecule has 5 nitrogen and oxygen atoms in total. The number of nitro groups is 1. The summed E-state index contributed by atoms with van der Waals surface area (Å²) < 4.78 is 38.9. The Hall–Kier alpha value is -2.90. The minimum Gasteiger partial charge on any atom is -0.329 e. The average Bonchev–Trinajstić information content (AvgIpc) is 2.61. The quantitative estimate of drug-likeness (QED) is 0.518. The summed E-state index contributed by atoms with van der Waals surface area (Å²) in [6.07, 6.45) is -4.73. The van der Waals surface area contributed by atoms with Gasteiger partial charge in [-0.05, 0) is 11.5 Å². The van der Waals surface area contributed by atoms with Crippen molar-refractivity contribution < 1.29 is 22.9 Å². The number of amides is 1. The molecule has 0 radical (unpaired) electrons. The Morgan fingerprint density at radius 2 is 1.70 bits per heavy atom. The van der Waals surface area contributed by atoms with Crippen LogP contribution in [0, 0.1) is 10.1 Å². The molecule has 0 heterocycles. The van der Waals surface area contributed by atoms with Gasteiger partial charge in [0.25, 0.3) is 5.69 Å². The maximum Gasteiger partial charge on any atom is 0.406 e. The maximum atomic E-state index is 13.0. The Balaban J connectivity index is 2.21. The summed E-state index contributed by atoms with van der Waals surface area (Å²) in [4.78, 5) is 23.6. The SMILES string of the molecule is CC(CC(=O)N(Cc1ccccc1[N+](=O)[O-])CC(F)(F)F)c1ccccc1. The van der Waals surface area contributed by atoms with Crippen molar-refractivity contribution in [2.45, 2.75) is 32.0 Å². The first-order valence-corrected chi connectivity index (χ1v) is 8.29. The zero-order chi connectivity index (χ0) is 20.0. The second kappa shape index (κ2) is 8.66. The summed E-state index contributed by atoms with van der Waals surface area (Å²) in [5.74, 6) is -0.984. The molecule has 2 aromatic carbocycles. The van der Waals surface area contributed by atoms with Gasteiger partial charge in [0, 0.05) is 18.1 Å². The summed E-state index contributed by atoms with van der Waals surface area (Å²) in [7, 11) is 0. The number of benzene rings is 2. The molecule has 2 rings (SSSR count). The highest BCUT2D eigenvalue weighted by Gasteiger charge is 2.34. The van der Waals surface area contributed by atoms with Crippen molar-refractivity contribution in [3.05, 3.63) is 75.8 Å². The lowest BCUT2D eigenvalue weighted by Gasteiger charge is -2.25. The highest BCUT2D eigenvalue weighted by molar-refractivity contribution is 5.77. The number of carbonyl (C=O) groups excluding carboxylic acids is 1. The van der Waals surface area contributed by atoms with Gasteiger partial charge in [-0.3, -0.25) is 14.9 Å². The number of nitrogens with zero attached hydrogens (tertiary/aromatic N) is 2. The van der Waals surface area contributed by atoms with Crippen LogP contribution in [0.5, 0.6) is 0 Å². The van der Waals surface area contributed by atoms with E-state index in [0.29, 0.717) is 4.90 Å². The van der Waals surface area contributed by atoms with E-state index in [1.165, 1.54) is 24.3 Å². The third-order valence-electron chi connectivity index (χ3n) is 4.12. The zero-order valence-corrected chi connectivity index (χ0v) is 14.6. The molecular weight excluding hydrogens is 361 g/mol. The van der Waals surface area contributed by atoms with E-state index in [2.05, 4.69) is 0 Å². The van der Waals surface area contributed by atoms with Gasteiger partial charge < -0.3 is 4.90 Å². The predicted octanol–water partition coefficient (Wildman–Crippen LogP) is 4.68. The van der Waals surface area contributed by atoms with Crippen molar-refractivity contribution in [3.8, 4) is 0 Å². The van der Waals surface area contributed by atoms with E-state index < -0.39 is 30.1 Å². The molecule has 27 heavy (non-hydrogen) atoms. The number of hydrogen-bond acceptors (Lipinski definition) is 3. The van der Waals surface area contributed by atoms with Gasteiger partial charge >= 0.3 is 6.18 Å². The largest absolute Gasteiger partial charge is 0.406 e. The molecule has 8 heteroatoms. The molecule has 1 atom stereocenters. The van der Waals surface area contributed by atoms with Crippen molar-refractivity contribution in [1.82, 2.24) is 4.90 Å². The average molecular weight is 380 g/mol. The maximum absolute atomic E-state index is 13.0. The molecular formula is C19H19F3N2O3. The van der Waals surface area contributed by atoms with Gasteiger partial charge in [0.05, 0.1) is 11.5 Å². The second-order valence-corrected chi connectivity index (χ2v) is 6.27. The number of alkyl halides is 3. The lowest BCUT2D eigenvalue weighted by molar-refractivity contribution is -0.385. The number of para-hydroxylation sites is 1. The van der Waals surface area contributed by atoms with Gasteiger partial charge in [0.15, 0.2) is 0 Å². The van der Waals surface area contributed by atoms with Crippen LogP contribution in [0.25, 0.3) is 0 Å². The third kappa shape index (κ3) is 6.09. The topological polar surface area (TPSA) is 63.5 Å². The van der Waals surface area contributed by atoms with Crippen LogP contribution >= 0.6 is 0 Å². The predicted molar refractivity (Wildman–Crippen MR) is 94.0 cm³/mol. The molecule has 0 aliphatic carbocycles. The fourth-order valence-electron chi connectivity index (χ4n) is 2.77. The van der Waals surface area contributed by atoms with Crippen LogP contribution in [0.15, 0.2) is 54.6 Å². The lowest BCUT2D eigenvalue weighted by atomic mass is 9.97. The number of carbonyl (C=O) groups is 1.